The number of amides is 2. The minimum atomic E-state index is -0.277. The van der Waals surface area contributed by atoms with Crippen LogP contribution < -0.4 is 5.32 Å². The molecule has 0 saturated heterocycles. The summed E-state index contributed by atoms with van der Waals surface area (Å²) in [6.07, 6.45) is 6.64. The maximum absolute atomic E-state index is 12.9. The number of carbonyl (C=O) groups is 1. The van der Waals surface area contributed by atoms with Crippen molar-refractivity contribution in [3.05, 3.63) is 71.8 Å². The van der Waals surface area contributed by atoms with Gasteiger partial charge < -0.3 is 15.2 Å². The zero-order valence-electron chi connectivity index (χ0n) is 14.2. The third-order valence-electron chi connectivity index (χ3n) is 4.63. The molecule has 2 aromatic heterocycles. The van der Waals surface area contributed by atoms with E-state index in [4.69, 9.17) is 0 Å². The van der Waals surface area contributed by atoms with Gasteiger partial charge >= 0.3 is 6.03 Å². The van der Waals surface area contributed by atoms with Gasteiger partial charge in [-0.05, 0) is 41.8 Å². The molecule has 26 heavy (non-hydrogen) atoms. The summed E-state index contributed by atoms with van der Waals surface area (Å²) in [4.78, 5) is 21.8. The second-order valence-corrected chi connectivity index (χ2v) is 6.31. The number of hydrogen-bond acceptors (Lipinski definition) is 2. The van der Waals surface area contributed by atoms with E-state index in [-0.39, 0.29) is 11.8 Å². The maximum Gasteiger partial charge on any atom is 0.317 e. The lowest BCUT2D eigenvalue weighted by atomic mass is 10.0. The number of nitrogens with zero attached hydrogens (tertiary/aromatic N) is 2. The fraction of sp³-hybridized carbons (Fsp3) is 0.200. The zero-order chi connectivity index (χ0) is 17.9. The van der Waals surface area contributed by atoms with E-state index in [0.717, 1.165) is 28.6 Å². The summed E-state index contributed by atoms with van der Waals surface area (Å²) in [5.41, 5.74) is 5.16. The summed E-state index contributed by atoms with van der Waals surface area (Å²) in [6, 6.07) is 9.94. The van der Waals surface area contributed by atoms with Crippen LogP contribution in [-0.4, -0.2) is 34.0 Å². The van der Waals surface area contributed by atoms with Gasteiger partial charge in [0.05, 0.1) is 11.0 Å². The number of halogens is 1. The quantitative estimate of drug-likeness (QED) is 0.757. The highest BCUT2D eigenvalue weighted by Gasteiger charge is 2.19. The molecule has 0 aliphatic carbocycles. The summed E-state index contributed by atoms with van der Waals surface area (Å²) in [7, 11) is 0. The largest absolute Gasteiger partial charge is 0.359 e. The molecule has 0 atom stereocenters. The van der Waals surface area contributed by atoms with Crippen LogP contribution >= 0.6 is 0 Å². The van der Waals surface area contributed by atoms with Crippen LogP contribution in [-0.2, 0) is 6.54 Å². The first-order valence-electron chi connectivity index (χ1n) is 8.59. The molecule has 0 spiro atoms. The summed E-state index contributed by atoms with van der Waals surface area (Å²) in [6.45, 7) is 1.60. The van der Waals surface area contributed by atoms with Crippen molar-refractivity contribution in [3.63, 3.8) is 0 Å². The average Bonchev–Trinajstić information content (AvgIpc) is 3.11. The Bertz CT molecular complexity index is 961. The van der Waals surface area contributed by atoms with E-state index in [1.54, 1.807) is 23.2 Å². The van der Waals surface area contributed by atoms with Gasteiger partial charge in [0, 0.05) is 37.6 Å². The van der Waals surface area contributed by atoms with Gasteiger partial charge in [0.25, 0.3) is 0 Å². The number of pyridine rings is 1. The molecule has 1 aromatic carbocycles. The van der Waals surface area contributed by atoms with E-state index >= 15 is 0 Å². The Kier molecular flexibility index (Phi) is 4.39. The van der Waals surface area contributed by atoms with Crippen molar-refractivity contribution in [2.45, 2.75) is 13.0 Å². The molecular weight excluding hydrogens is 331 g/mol. The number of rotatable bonds is 3. The lowest BCUT2D eigenvalue weighted by Crippen LogP contribution is -2.41. The van der Waals surface area contributed by atoms with Gasteiger partial charge in [-0.25, -0.2) is 9.18 Å². The van der Waals surface area contributed by atoms with Gasteiger partial charge in [-0.2, -0.15) is 0 Å². The Morgan fingerprint density at radius 3 is 2.88 bits per heavy atom. The zero-order valence-corrected chi connectivity index (χ0v) is 14.2. The lowest BCUT2D eigenvalue weighted by molar-refractivity contribution is 0.202. The highest BCUT2D eigenvalue weighted by molar-refractivity contribution is 5.90. The summed E-state index contributed by atoms with van der Waals surface area (Å²) in [5, 5.41) is 2.88. The van der Waals surface area contributed by atoms with Crippen LogP contribution in [0.1, 0.15) is 17.5 Å². The molecule has 132 valence electrons. The predicted molar refractivity (Wildman–Crippen MR) is 98.9 cm³/mol. The number of fused-ring (bicyclic) bond motifs is 1. The molecule has 0 unspecified atom stereocenters. The van der Waals surface area contributed by atoms with Gasteiger partial charge in [0.1, 0.15) is 5.82 Å². The normalized spacial score (nSPS) is 14.3. The number of aromatic amines is 1. The first kappa shape index (κ1) is 16.3. The number of benzene rings is 1. The van der Waals surface area contributed by atoms with Gasteiger partial charge in [0.2, 0.25) is 0 Å². The van der Waals surface area contributed by atoms with Gasteiger partial charge in [0.15, 0.2) is 0 Å². The predicted octanol–water partition coefficient (Wildman–Crippen LogP) is 3.70. The molecule has 0 saturated carbocycles. The van der Waals surface area contributed by atoms with E-state index in [0.29, 0.717) is 19.6 Å². The molecule has 2 amide bonds. The van der Waals surface area contributed by atoms with Crippen LogP contribution in [0.25, 0.3) is 16.6 Å². The minimum absolute atomic E-state index is 0.110. The van der Waals surface area contributed by atoms with Gasteiger partial charge in [-0.1, -0.05) is 18.2 Å². The Hall–Kier alpha value is -3.15. The number of hydrogen-bond donors (Lipinski definition) is 2. The van der Waals surface area contributed by atoms with Crippen LogP contribution in [0.3, 0.4) is 0 Å². The molecule has 3 aromatic rings. The Balaban J connectivity index is 1.39. The standard InChI is InChI=1S/C20H19FN4O/c21-16-5-3-14(4-6-16)12-24-20(26)25-10-7-15(8-11-25)17-13-23-18-2-1-9-22-19(17)18/h1-7,9,13,23H,8,10-12H2,(H,24,26). The Labute approximate surface area is 150 Å². The van der Waals surface area contributed by atoms with Crippen LogP contribution in [0.5, 0.6) is 0 Å². The first-order valence-corrected chi connectivity index (χ1v) is 8.59. The molecule has 3 heterocycles. The van der Waals surface area contributed by atoms with Gasteiger partial charge in [-0.15, -0.1) is 0 Å². The Morgan fingerprint density at radius 1 is 1.27 bits per heavy atom. The third-order valence-corrected chi connectivity index (χ3v) is 4.63. The van der Waals surface area contributed by atoms with Crippen molar-refractivity contribution in [2.24, 2.45) is 0 Å². The SMILES string of the molecule is O=C(NCc1ccc(F)cc1)N1CC=C(c2c[nH]c3cccnc23)CC1. The molecule has 0 fully saturated rings. The molecule has 1 aliphatic heterocycles. The van der Waals surface area contributed by atoms with E-state index in [9.17, 15) is 9.18 Å². The number of H-pyrrole nitrogens is 1. The van der Waals surface area contributed by atoms with Crippen LogP contribution in [0.4, 0.5) is 9.18 Å². The summed E-state index contributed by atoms with van der Waals surface area (Å²) in [5.74, 6) is -0.277. The van der Waals surface area contributed by atoms with E-state index in [1.807, 2.05) is 18.3 Å². The van der Waals surface area contributed by atoms with E-state index in [2.05, 4.69) is 21.4 Å². The second-order valence-electron chi connectivity index (χ2n) is 6.31. The number of nitrogens with one attached hydrogen (secondary N) is 2. The monoisotopic (exact) mass is 350 g/mol. The molecule has 4 rings (SSSR count). The fourth-order valence-corrected chi connectivity index (χ4v) is 3.19. The number of urea groups is 1. The number of carbonyl (C=O) groups excluding carboxylic acids is 1. The fourth-order valence-electron chi connectivity index (χ4n) is 3.19. The van der Waals surface area contributed by atoms with Crippen molar-refractivity contribution in [3.8, 4) is 0 Å². The van der Waals surface area contributed by atoms with E-state index < -0.39 is 0 Å². The molecular formula is C20H19FN4O. The molecule has 5 nitrogen and oxygen atoms in total. The second kappa shape index (κ2) is 7.00. The topological polar surface area (TPSA) is 61.0 Å². The molecule has 2 N–H and O–H groups in total. The summed E-state index contributed by atoms with van der Waals surface area (Å²) >= 11 is 0. The van der Waals surface area contributed by atoms with Crippen molar-refractivity contribution in [1.82, 2.24) is 20.2 Å². The molecule has 0 radical (unpaired) electrons. The minimum Gasteiger partial charge on any atom is -0.359 e. The molecule has 6 heteroatoms. The van der Waals surface area contributed by atoms with Crippen molar-refractivity contribution < 1.29 is 9.18 Å². The van der Waals surface area contributed by atoms with Crippen molar-refractivity contribution >= 4 is 22.6 Å². The highest BCUT2D eigenvalue weighted by Crippen LogP contribution is 2.27. The highest BCUT2D eigenvalue weighted by atomic mass is 19.1. The first-order chi connectivity index (χ1) is 12.7. The lowest BCUT2D eigenvalue weighted by Gasteiger charge is -2.26. The third kappa shape index (κ3) is 3.31. The van der Waals surface area contributed by atoms with Crippen molar-refractivity contribution in [2.75, 3.05) is 13.1 Å². The molecule has 1 aliphatic rings. The smallest absolute Gasteiger partial charge is 0.317 e. The average molecular weight is 350 g/mol. The summed E-state index contributed by atoms with van der Waals surface area (Å²) < 4.78 is 12.9. The van der Waals surface area contributed by atoms with Gasteiger partial charge in [-0.3, -0.25) is 4.98 Å². The van der Waals surface area contributed by atoms with E-state index in [1.165, 1.54) is 17.7 Å². The van der Waals surface area contributed by atoms with Crippen LogP contribution in [0.15, 0.2) is 54.9 Å². The van der Waals surface area contributed by atoms with Crippen LogP contribution in [0.2, 0.25) is 0 Å². The maximum atomic E-state index is 12.9. The van der Waals surface area contributed by atoms with Crippen LogP contribution in [0, 0.1) is 5.82 Å². The molecule has 0 bridgehead atoms. The number of aromatic nitrogens is 2. The Morgan fingerprint density at radius 2 is 2.12 bits per heavy atom. The van der Waals surface area contributed by atoms with Crippen molar-refractivity contribution in [1.29, 1.82) is 0 Å².